The predicted molar refractivity (Wildman–Crippen MR) is 166 cm³/mol. The lowest BCUT2D eigenvalue weighted by molar-refractivity contribution is -0.145. The van der Waals surface area contributed by atoms with Crippen LogP contribution in [-0.4, -0.2) is 52.5 Å². The van der Waals surface area contributed by atoms with Crippen LogP contribution in [0.4, 0.5) is 0 Å². The van der Waals surface area contributed by atoms with Crippen LogP contribution in [0.1, 0.15) is 174 Å². The van der Waals surface area contributed by atoms with Crippen molar-refractivity contribution in [3.8, 4) is 0 Å². The number of esters is 1. The molecule has 2 N–H and O–H groups in total. The Morgan fingerprint density at radius 1 is 0.732 bits per heavy atom. The Kier molecular flexibility index (Phi) is 19.9. The van der Waals surface area contributed by atoms with Crippen LogP contribution in [0.25, 0.3) is 0 Å². The van der Waals surface area contributed by atoms with E-state index in [1.165, 1.54) is 90.4 Å². The second-order valence-corrected chi connectivity index (χ2v) is 13.2. The van der Waals surface area contributed by atoms with Gasteiger partial charge in [0.1, 0.15) is 11.9 Å². The van der Waals surface area contributed by atoms with Gasteiger partial charge in [-0.05, 0) is 51.9 Å². The van der Waals surface area contributed by atoms with Gasteiger partial charge in [-0.15, -0.1) is 0 Å². The average molecular weight is 581 g/mol. The van der Waals surface area contributed by atoms with Crippen molar-refractivity contribution in [2.24, 2.45) is 5.92 Å². The molecular weight excluding hydrogens is 516 g/mol. The third kappa shape index (κ3) is 16.4. The maximum atomic E-state index is 11.8. The van der Waals surface area contributed by atoms with Crippen LogP contribution in [0.15, 0.2) is 0 Å². The first-order valence-electron chi connectivity index (χ1n) is 17.6. The van der Waals surface area contributed by atoms with Crippen molar-refractivity contribution in [1.29, 1.82) is 0 Å². The summed E-state index contributed by atoms with van der Waals surface area (Å²) in [6, 6.07) is 0. The number of hydrogen-bond donors (Lipinski definition) is 2. The number of aliphatic hydroxyl groups excluding tert-OH is 2. The molecule has 0 radical (unpaired) electrons. The van der Waals surface area contributed by atoms with Gasteiger partial charge in [0.25, 0.3) is 0 Å². The van der Waals surface area contributed by atoms with E-state index < -0.39 is 12.2 Å². The first-order chi connectivity index (χ1) is 19.9. The Hall–Kier alpha value is -0.980. The second kappa shape index (κ2) is 22.5. The molecule has 0 amide bonds. The smallest absolute Gasteiger partial charge is 0.309 e. The summed E-state index contributed by atoms with van der Waals surface area (Å²) in [5.41, 5.74) is 0. The van der Waals surface area contributed by atoms with Gasteiger partial charge in [0.05, 0.1) is 30.3 Å². The van der Waals surface area contributed by atoms with Gasteiger partial charge >= 0.3 is 5.97 Å². The topological polar surface area (TPSA) is 93.1 Å². The van der Waals surface area contributed by atoms with Crippen LogP contribution in [0, 0.1) is 5.92 Å². The van der Waals surface area contributed by atoms with Gasteiger partial charge in [0, 0.05) is 6.42 Å². The monoisotopic (exact) mass is 580 g/mol. The van der Waals surface area contributed by atoms with E-state index in [0.717, 1.165) is 64.2 Å². The molecule has 0 saturated carbocycles. The fourth-order valence-corrected chi connectivity index (χ4v) is 6.67. The standard InChI is InChI=1S/C35H64O6/c1-3-4-5-6-7-8-9-13-16-19-22-31(37)33-24-25-34(41-33)32(38)23-20-17-14-11-10-12-15-18-21-30-27-29(26-28(2)36)35(39)40-30/h29-34,37-38H,3-27H2,1-2H3. The van der Waals surface area contributed by atoms with Crippen LogP contribution < -0.4 is 0 Å². The zero-order valence-corrected chi connectivity index (χ0v) is 26.7. The molecule has 0 aromatic heterocycles. The fraction of sp³-hybridized carbons (Fsp3) is 0.943. The quantitative estimate of drug-likeness (QED) is 0.0788. The predicted octanol–water partition coefficient (Wildman–Crippen LogP) is 8.38. The Balaban J connectivity index is 1.37. The van der Waals surface area contributed by atoms with Crippen molar-refractivity contribution >= 4 is 11.8 Å². The summed E-state index contributed by atoms with van der Waals surface area (Å²) in [7, 11) is 0. The third-order valence-electron chi connectivity index (χ3n) is 9.27. The number of hydrogen-bond acceptors (Lipinski definition) is 6. The van der Waals surface area contributed by atoms with Crippen molar-refractivity contribution in [1.82, 2.24) is 0 Å². The molecule has 2 heterocycles. The van der Waals surface area contributed by atoms with Crippen molar-refractivity contribution in [3.63, 3.8) is 0 Å². The number of ether oxygens (including phenoxy) is 2. The zero-order chi connectivity index (χ0) is 29.7. The molecule has 6 nitrogen and oxygen atoms in total. The van der Waals surface area contributed by atoms with Gasteiger partial charge < -0.3 is 24.5 Å². The Morgan fingerprint density at radius 2 is 1.17 bits per heavy atom. The lowest BCUT2D eigenvalue weighted by atomic mass is 9.96. The van der Waals surface area contributed by atoms with E-state index in [-0.39, 0.29) is 36.0 Å². The van der Waals surface area contributed by atoms with Gasteiger partial charge in [-0.3, -0.25) is 4.79 Å². The van der Waals surface area contributed by atoms with E-state index in [9.17, 15) is 19.8 Å². The molecule has 0 aromatic carbocycles. The summed E-state index contributed by atoms with van der Waals surface area (Å²) in [6.07, 6.45) is 26.6. The minimum absolute atomic E-state index is 0.00482. The molecular formula is C35H64O6. The van der Waals surface area contributed by atoms with Crippen LogP contribution >= 0.6 is 0 Å². The highest BCUT2D eigenvalue weighted by Crippen LogP contribution is 2.29. The molecule has 6 heteroatoms. The average Bonchev–Trinajstić information content (AvgIpc) is 3.57. The number of ketones is 1. The lowest BCUT2D eigenvalue weighted by Crippen LogP contribution is -2.31. The second-order valence-electron chi connectivity index (χ2n) is 13.2. The first kappa shape index (κ1) is 36.2. The molecule has 41 heavy (non-hydrogen) atoms. The summed E-state index contributed by atoms with van der Waals surface area (Å²) in [5, 5.41) is 21.2. The van der Waals surface area contributed by atoms with E-state index in [1.54, 1.807) is 0 Å². The Morgan fingerprint density at radius 3 is 1.63 bits per heavy atom. The summed E-state index contributed by atoms with van der Waals surface area (Å²) >= 11 is 0. The van der Waals surface area contributed by atoms with Gasteiger partial charge in [0.2, 0.25) is 0 Å². The molecule has 0 bridgehead atoms. The minimum Gasteiger partial charge on any atom is -0.462 e. The van der Waals surface area contributed by atoms with Crippen molar-refractivity contribution < 1.29 is 29.3 Å². The van der Waals surface area contributed by atoms with E-state index in [4.69, 9.17) is 9.47 Å². The number of Topliss-reactive ketones (excluding diaryl/α,β-unsaturated/α-hetero) is 1. The fourth-order valence-electron chi connectivity index (χ4n) is 6.67. The largest absolute Gasteiger partial charge is 0.462 e. The number of rotatable bonds is 26. The van der Waals surface area contributed by atoms with Gasteiger partial charge in [-0.2, -0.15) is 0 Å². The van der Waals surface area contributed by atoms with Crippen LogP contribution in [0.5, 0.6) is 0 Å². The van der Waals surface area contributed by atoms with Gasteiger partial charge in [-0.25, -0.2) is 0 Å². The number of unbranched alkanes of at least 4 members (excludes halogenated alkanes) is 16. The molecule has 2 aliphatic heterocycles. The highest BCUT2D eigenvalue weighted by molar-refractivity contribution is 5.83. The normalized spacial score (nSPS) is 24.0. The molecule has 0 aromatic rings. The SMILES string of the molecule is CCCCCCCCCCCCC(O)C1CCC(C(O)CCCCCCCCCCC2CC(CC(C)=O)C(=O)O2)O1. The Labute approximate surface area is 251 Å². The van der Waals surface area contributed by atoms with Gasteiger partial charge in [-0.1, -0.05) is 116 Å². The lowest BCUT2D eigenvalue weighted by Gasteiger charge is -2.22. The minimum atomic E-state index is -0.413. The number of carbonyl (C=O) groups is 2. The molecule has 0 aliphatic carbocycles. The van der Waals surface area contributed by atoms with E-state index in [2.05, 4.69) is 6.92 Å². The van der Waals surface area contributed by atoms with Crippen LogP contribution in [0.2, 0.25) is 0 Å². The molecule has 2 rings (SSSR count). The molecule has 2 fully saturated rings. The molecule has 240 valence electrons. The maximum absolute atomic E-state index is 11.8. The van der Waals surface area contributed by atoms with E-state index in [1.807, 2.05) is 0 Å². The van der Waals surface area contributed by atoms with Crippen molar-refractivity contribution in [2.75, 3.05) is 0 Å². The number of cyclic esters (lactones) is 1. The first-order valence-corrected chi connectivity index (χ1v) is 17.6. The summed E-state index contributed by atoms with van der Waals surface area (Å²) in [6.45, 7) is 3.80. The van der Waals surface area contributed by atoms with Crippen molar-refractivity contribution in [3.05, 3.63) is 0 Å². The summed E-state index contributed by atoms with van der Waals surface area (Å²) < 4.78 is 11.5. The highest BCUT2D eigenvalue weighted by atomic mass is 16.6. The zero-order valence-electron chi connectivity index (χ0n) is 26.7. The molecule has 0 spiro atoms. The highest BCUT2D eigenvalue weighted by Gasteiger charge is 2.35. The van der Waals surface area contributed by atoms with Crippen molar-refractivity contribution in [2.45, 2.75) is 205 Å². The van der Waals surface area contributed by atoms with Crippen LogP contribution in [0.3, 0.4) is 0 Å². The summed E-state index contributed by atoms with van der Waals surface area (Å²) in [5.74, 6) is -0.345. The summed E-state index contributed by atoms with van der Waals surface area (Å²) in [4.78, 5) is 23.1. The number of carbonyl (C=O) groups excluding carboxylic acids is 2. The van der Waals surface area contributed by atoms with Crippen LogP contribution in [-0.2, 0) is 19.1 Å². The maximum Gasteiger partial charge on any atom is 0.309 e. The molecule has 2 saturated heterocycles. The number of aliphatic hydroxyl groups is 2. The van der Waals surface area contributed by atoms with Gasteiger partial charge in [0.15, 0.2) is 0 Å². The Bertz CT molecular complexity index is 682. The molecule has 6 atom stereocenters. The molecule has 2 aliphatic rings. The third-order valence-corrected chi connectivity index (χ3v) is 9.27. The van der Waals surface area contributed by atoms with E-state index in [0.29, 0.717) is 12.8 Å². The molecule has 6 unspecified atom stereocenters. The van der Waals surface area contributed by atoms with E-state index >= 15 is 0 Å².